The molecule has 2 aromatic rings. The summed E-state index contributed by atoms with van der Waals surface area (Å²) < 4.78 is 0. The van der Waals surface area contributed by atoms with Crippen molar-refractivity contribution in [3.63, 3.8) is 0 Å². The van der Waals surface area contributed by atoms with Gasteiger partial charge in [0, 0.05) is 11.6 Å². The lowest BCUT2D eigenvalue weighted by Crippen LogP contribution is -2.19. The lowest BCUT2D eigenvalue weighted by Gasteiger charge is -2.04. The highest BCUT2D eigenvalue weighted by molar-refractivity contribution is 6.01. The first kappa shape index (κ1) is 14.6. The summed E-state index contributed by atoms with van der Waals surface area (Å²) in [6.07, 6.45) is 0. The van der Waals surface area contributed by atoms with Gasteiger partial charge in [-0.05, 0) is 31.5 Å². The molecule has 3 N–H and O–H groups in total. The molecule has 5 heteroatoms. The number of phenols is 2. The normalized spacial score (nSPS) is 11.2. The average molecular weight is 284 g/mol. The zero-order chi connectivity index (χ0) is 15.4. The molecule has 21 heavy (non-hydrogen) atoms. The van der Waals surface area contributed by atoms with Crippen molar-refractivity contribution in [3.05, 3.63) is 59.2 Å². The Balaban J connectivity index is 2.12. The van der Waals surface area contributed by atoms with Crippen LogP contribution in [0, 0.1) is 6.92 Å². The number of carbonyl (C=O) groups is 1. The minimum Gasteiger partial charge on any atom is -0.508 e. The number of hydrogen-bond donors (Lipinski definition) is 3. The summed E-state index contributed by atoms with van der Waals surface area (Å²) in [5.74, 6) is -0.869. The van der Waals surface area contributed by atoms with E-state index in [1.165, 1.54) is 12.1 Å². The van der Waals surface area contributed by atoms with E-state index in [0.29, 0.717) is 5.71 Å². The van der Waals surface area contributed by atoms with E-state index in [9.17, 15) is 15.0 Å². The monoisotopic (exact) mass is 284 g/mol. The molecule has 0 radical (unpaired) electrons. The predicted octanol–water partition coefficient (Wildman–Crippen LogP) is 2.56. The van der Waals surface area contributed by atoms with Crippen LogP contribution in [0.5, 0.6) is 11.5 Å². The topological polar surface area (TPSA) is 81.9 Å². The van der Waals surface area contributed by atoms with E-state index in [4.69, 9.17) is 0 Å². The fourth-order valence-electron chi connectivity index (χ4n) is 1.78. The van der Waals surface area contributed by atoms with Gasteiger partial charge in [-0.3, -0.25) is 4.79 Å². The summed E-state index contributed by atoms with van der Waals surface area (Å²) in [4.78, 5) is 11.9. The molecule has 2 rings (SSSR count). The number of hydrazone groups is 1. The molecule has 0 aromatic heterocycles. The van der Waals surface area contributed by atoms with Gasteiger partial charge in [0.15, 0.2) is 0 Å². The summed E-state index contributed by atoms with van der Waals surface area (Å²) in [6, 6.07) is 11.4. The van der Waals surface area contributed by atoms with Crippen molar-refractivity contribution < 1.29 is 15.0 Å². The van der Waals surface area contributed by atoms with Gasteiger partial charge < -0.3 is 10.2 Å². The second-order valence-corrected chi connectivity index (χ2v) is 4.74. The summed E-state index contributed by atoms with van der Waals surface area (Å²) >= 11 is 0. The number of amides is 1. The van der Waals surface area contributed by atoms with Crippen LogP contribution in [0.4, 0.5) is 0 Å². The van der Waals surface area contributed by atoms with Crippen molar-refractivity contribution in [3.8, 4) is 11.5 Å². The van der Waals surface area contributed by atoms with Crippen LogP contribution in [0.25, 0.3) is 0 Å². The van der Waals surface area contributed by atoms with Gasteiger partial charge in [-0.25, -0.2) is 5.43 Å². The Bertz CT molecular complexity index is 671. The molecule has 0 aliphatic rings. The highest BCUT2D eigenvalue weighted by Gasteiger charge is 2.08. The van der Waals surface area contributed by atoms with Gasteiger partial charge in [-0.2, -0.15) is 5.10 Å². The molecule has 0 saturated heterocycles. The molecule has 1 amide bonds. The molecule has 2 aromatic carbocycles. The molecule has 0 aliphatic heterocycles. The number of aryl methyl sites for hydroxylation is 1. The van der Waals surface area contributed by atoms with Crippen LogP contribution < -0.4 is 5.43 Å². The quantitative estimate of drug-likeness (QED) is 0.598. The van der Waals surface area contributed by atoms with E-state index in [0.717, 1.165) is 17.2 Å². The number of hydrogen-bond acceptors (Lipinski definition) is 4. The third-order valence-electron chi connectivity index (χ3n) is 2.96. The molecule has 0 saturated carbocycles. The molecule has 5 nitrogen and oxygen atoms in total. The lowest BCUT2D eigenvalue weighted by molar-refractivity contribution is 0.0954. The van der Waals surface area contributed by atoms with Crippen LogP contribution in [0.15, 0.2) is 47.6 Å². The molecule has 0 bridgehead atoms. The summed E-state index contributed by atoms with van der Waals surface area (Å²) in [5, 5.41) is 22.7. The summed E-state index contributed by atoms with van der Waals surface area (Å²) in [6.45, 7) is 3.78. The van der Waals surface area contributed by atoms with E-state index in [1.54, 1.807) is 6.92 Å². The van der Waals surface area contributed by atoms with Gasteiger partial charge >= 0.3 is 0 Å². The van der Waals surface area contributed by atoms with Crippen molar-refractivity contribution >= 4 is 11.6 Å². The SMILES string of the molecule is CC(=NNC(=O)c1cc(O)cc(O)c1)c1ccc(C)cc1. The molecule has 0 atom stereocenters. The number of carbonyl (C=O) groups excluding carboxylic acids is 1. The Hall–Kier alpha value is -2.82. The summed E-state index contributed by atoms with van der Waals surface area (Å²) in [5.41, 5.74) is 5.23. The second-order valence-electron chi connectivity index (χ2n) is 4.74. The van der Waals surface area contributed by atoms with Crippen LogP contribution >= 0.6 is 0 Å². The Morgan fingerprint density at radius 3 is 2.14 bits per heavy atom. The largest absolute Gasteiger partial charge is 0.508 e. The van der Waals surface area contributed by atoms with E-state index >= 15 is 0 Å². The molecule has 0 fully saturated rings. The lowest BCUT2D eigenvalue weighted by atomic mass is 10.1. The van der Waals surface area contributed by atoms with Gasteiger partial charge in [-0.1, -0.05) is 29.8 Å². The summed E-state index contributed by atoms with van der Waals surface area (Å²) in [7, 11) is 0. The molecule has 108 valence electrons. The Labute approximate surface area is 122 Å². The van der Waals surface area contributed by atoms with E-state index in [-0.39, 0.29) is 17.1 Å². The Morgan fingerprint density at radius 1 is 1.00 bits per heavy atom. The smallest absolute Gasteiger partial charge is 0.271 e. The van der Waals surface area contributed by atoms with Crippen molar-refractivity contribution in [2.24, 2.45) is 5.10 Å². The first-order valence-corrected chi connectivity index (χ1v) is 6.40. The third kappa shape index (κ3) is 3.82. The minimum atomic E-state index is -0.507. The molecule has 0 aliphatic carbocycles. The zero-order valence-electron chi connectivity index (χ0n) is 11.8. The van der Waals surface area contributed by atoms with E-state index < -0.39 is 5.91 Å². The van der Waals surface area contributed by atoms with Gasteiger partial charge in [0.1, 0.15) is 11.5 Å². The molecular weight excluding hydrogens is 268 g/mol. The predicted molar refractivity (Wildman–Crippen MR) is 80.6 cm³/mol. The standard InChI is InChI=1S/C16H16N2O3/c1-10-3-5-12(6-4-10)11(2)17-18-16(21)13-7-14(19)9-15(20)8-13/h3-9,19-20H,1-2H3,(H,18,21). The van der Waals surface area contributed by atoms with Crippen LogP contribution in [-0.4, -0.2) is 21.8 Å². The number of phenolic OH excluding ortho intramolecular Hbond substituents is 2. The second kappa shape index (κ2) is 6.09. The molecule has 0 spiro atoms. The van der Waals surface area contributed by atoms with Crippen molar-refractivity contribution in [1.29, 1.82) is 0 Å². The van der Waals surface area contributed by atoms with Gasteiger partial charge in [-0.15, -0.1) is 0 Å². The first-order chi connectivity index (χ1) is 9.95. The zero-order valence-corrected chi connectivity index (χ0v) is 11.8. The fraction of sp³-hybridized carbons (Fsp3) is 0.125. The van der Waals surface area contributed by atoms with Crippen molar-refractivity contribution in [2.75, 3.05) is 0 Å². The number of nitrogens with one attached hydrogen (secondary N) is 1. The Morgan fingerprint density at radius 2 is 1.57 bits per heavy atom. The molecular formula is C16H16N2O3. The van der Waals surface area contributed by atoms with Gasteiger partial charge in [0.25, 0.3) is 5.91 Å². The van der Waals surface area contributed by atoms with Crippen LogP contribution in [0.3, 0.4) is 0 Å². The number of aromatic hydroxyl groups is 2. The van der Waals surface area contributed by atoms with E-state index in [1.807, 2.05) is 31.2 Å². The Kier molecular flexibility index (Phi) is 4.23. The van der Waals surface area contributed by atoms with Crippen LogP contribution in [0.1, 0.15) is 28.4 Å². The van der Waals surface area contributed by atoms with Crippen molar-refractivity contribution in [2.45, 2.75) is 13.8 Å². The maximum Gasteiger partial charge on any atom is 0.271 e. The average Bonchev–Trinajstić information content (AvgIpc) is 2.44. The maximum absolute atomic E-state index is 11.9. The minimum absolute atomic E-state index is 0.132. The van der Waals surface area contributed by atoms with Crippen LogP contribution in [0.2, 0.25) is 0 Å². The van der Waals surface area contributed by atoms with Crippen molar-refractivity contribution in [1.82, 2.24) is 5.43 Å². The molecule has 0 heterocycles. The highest BCUT2D eigenvalue weighted by atomic mass is 16.3. The number of rotatable bonds is 3. The van der Waals surface area contributed by atoms with Gasteiger partial charge in [0.05, 0.1) is 5.71 Å². The van der Waals surface area contributed by atoms with Gasteiger partial charge in [0.2, 0.25) is 0 Å². The fourth-order valence-corrected chi connectivity index (χ4v) is 1.78. The number of nitrogens with zero attached hydrogens (tertiary/aromatic N) is 1. The number of benzene rings is 2. The molecule has 0 unspecified atom stereocenters. The maximum atomic E-state index is 11.9. The van der Waals surface area contributed by atoms with Crippen LogP contribution in [-0.2, 0) is 0 Å². The first-order valence-electron chi connectivity index (χ1n) is 6.40. The third-order valence-corrected chi connectivity index (χ3v) is 2.96. The highest BCUT2D eigenvalue weighted by Crippen LogP contribution is 2.20. The van der Waals surface area contributed by atoms with E-state index in [2.05, 4.69) is 10.5 Å².